The molecule has 18 heavy (non-hydrogen) atoms. The van der Waals surface area contributed by atoms with Gasteiger partial charge in [0.15, 0.2) is 0 Å². The Morgan fingerprint density at radius 1 is 1.11 bits per heavy atom. The fourth-order valence-electron chi connectivity index (χ4n) is 1.79. The Hall–Kier alpha value is -2.13. The number of benzene rings is 2. The molecule has 0 heterocycles. The molecule has 3 nitrogen and oxygen atoms in total. The molecular formula is C15H15NO2. The van der Waals surface area contributed by atoms with Crippen LogP contribution < -0.4 is 5.73 Å². The molecule has 0 aliphatic carbocycles. The van der Waals surface area contributed by atoms with E-state index in [1.165, 1.54) is 7.11 Å². The predicted octanol–water partition coefficient (Wildman–Crippen LogP) is 2.60. The van der Waals surface area contributed by atoms with Crippen molar-refractivity contribution in [2.24, 2.45) is 5.73 Å². The van der Waals surface area contributed by atoms with E-state index in [4.69, 9.17) is 5.73 Å². The smallest absolute Gasteiger partial charge is 0.337 e. The van der Waals surface area contributed by atoms with Crippen molar-refractivity contribution in [3.63, 3.8) is 0 Å². The summed E-state index contributed by atoms with van der Waals surface area (Å²) in [5.74, 6) is -0.322. The lowest BCUT2D eigenvalue weighted by Gasteiger charge is -2.05. The van der Waals surface area contributed by atoms with Crippen molar-refractivity contribution in [2.75, 3.05) is 7.11 Å². The molecule has 0 spiro atoms. The van der Waals surface area contributed by atoms with Gasteiger partial charge >= 0.3 is 5.97 Å². The number of rotatable bonds is 3. The van der Waals surface area contributed by atoms with Crippen molar-refractivity contribution in [2.45, 2.75) is 6.54 Å². The second-order valence-electron chi connectivity index (χ2n) is 3.97. The minimum absolute atomic E-state index is 0.322. The Morgan fingerprint density at radius 2 is 1.83 bits per heavy atom. The van der Waals surface area contributed by atoms with Gasteiger partial charge in [-0.2, -0.15) is 0 Å². The fourth-order valence-corrected chi connectivity index (χ4v) is 1.79. The van der Waals surface area contributed by atoms with Gasteiger partial charge < -0.3 is 10.5 Å². The molecule has 92 valence electrons. The first-order valence-corrected chi connectivity index (χ1v) is 5.72. The van der Waals surface area contributed by atoms with Gasteiger partial charge in [0.1, 0.15) is 0 Å². The summed E-state index contributed by atoms with van der Waals surface area (Å²) in [6.45, 7) is 0.522. The minimum Gasteiger partial charge on any atom is -0.465 e. The van der Waals surface area contributed by atoms with Crippen LogP contribution in [0.1, 0.15) is 15.9 Å². The maximum Gasteiger partial charge on any atom is 0.337 e. The van der Waals surface area contributed by atoms with E-state index in [0.29, 0.717) is 12.1 Å². The summed E-state index contributed by atoms with van der Waals surface area (Å²) < 4.78 is 4.66. The molecular weight excluding hydrogens is 226 g/mol. The first kappa shape index (κ1) is 12.3. The van der Waals surface area contributed by atoms with Crippen LogP contribution in [0.15, 0.2) is 48.5 Å². The van der Waals surface area contributed by atoms with Gasteiger partial charge in [0.05, 0.1) is 12.7 Å². The highest BCUT2D eigenvalue weighted by molar-refractivity contribution is 5.89. The van der Waals surface area contributed by atoms with E-state index >= 15 is 0 Å². The third kappa shape index (κ3) is 2.57. The van der Waals surface area contributed by atoms with Crippen molar-refractivity contribution in [1.82, 2.24) is 0 Å². The van der Waals surface area contributed by atoms with E-state index in [1.54, 1.807) is 12.1 Å². The molecule has 0 radical (unpaired) electrons. The fraction of sp³-hybridized carbons (Fsp3) is 0.133. The van der Waals surface area contributed by atoms with Crippen molar-refractivity contribution in [1.29, 1.82) is 0 Å². The van der Waals surface area contributed by atoms with Crippen LogP contribution in [0.25, 0.3) is 11.1 Å². The SMILES string of the molecule is COC(=O)c1ccc(-c2cccc(CN)c2)cc1. The number of esters is 1. The number of carbonyl (C=O) groups is 1. The Bertz CT molecular complexity index is 547. The summed E-state index contributed by atoms with van der Waals surface area (Å²) in [5.41, 5.74) is 9.40. The van der Waals surface area contributed by atoms with Gasteiger partial charge in [-0.05, 0) is 34.9 Å². The zero-order chi connectivity index (χ0) is 13.0. The number of carbonyl (C=O) groups excluding carboxylic acids is 1. The predicted molar refractivity (Wildman–Crippen MR) is 71.1 cm³/mol. The van der Waals surface area contributed by atoms with E-state index in [9.17, 15) is 4.79 Å². The number of hydrogen-bond donors (Lipinski definition) is 1. The van der Waals surface area contributed by atoms with Crippen LogP contribution in [0.3, 0.4) is 0 Å². The number of methoxy groups -OCH3 is 1. The lowest BCUT2D eigenvalue weighted by atomic mass is 10.0. The molecule has 0 saturated heterocycles. The lowest BCUT2D eigenvalue weighted by molar-refractivity contribution is 0.0601. The number of hydrogen-bond acceptors (Lipinski definition) is 3. The summed E-state index contributed by atoms with van der Waals surface area (Å²) in [6.07, 6.45) is 0. The second-order valence-corrected chi connectivity index (χ2v) is 3.97. The maximum absolute atomic E-state index is 11.3. The quantitative estimate of drug-likeness (QED) is 0.840. The normalized spacial score (nSPS) is 10.1. The third-order valence-electron chi connectivity index (χ3n) is 2.80. The van der Waals surface area contributed by atoms with Crippen LogP contribution in [0.4, 0.5) is 0 Å². The average Bonchev–Trinajstić information content (AvgIpc) is 2.46. The highest BCUT2D eigenvalue weighted by atomic mass is 16.5. The van der Waals surface area contributed by atoms with Crippen LogP contribution in [0, 0.1) is 0 Å². The van der Waals surface area contributed by atoms with E-state index in [-0.39, 0.29) is 5.97 Å². The summed E-state index contributed by atoms with van der Waals surface area (Å²) >= 11 is 0. The molecule has 0 bridgehead atoms. The maximum atomic E-state index is 11.3. The zero-order valence-electron chi connectivity index (χ0n) is 10.2. The highest BCUT2D eigenvalue weighted by Gasteiger charge is 2.05. The van der Waals surface area contributed by atoms with E-state index < -0.39 is 0 Å². The van der Waals surface area contributed by atoms with Gasteiger partial charge in [-0.15, -0.1) is 0 Å². The van der Waals surface area contributed by atoms with Gasteiger partial charge in [-0.1, -0.05) is 30.3 Å². The van der Waals surface area contributed by atoms with Gasteiger partial charge in [-0.25, -0.2) is 4.79 Å². The Labute approximate surface area is 106 Å². The van der Waals surface area contributed by atoms with Crippen molar-refractivity contribution in [3.8, 4) is 11.1 Å². The number of nitrogens with two attached hydrogens (primary N) is 1. The largest absolute Gasteiger partial charge is 0.465 e. The Kier molecular flexibility index (Phi) is 3.75. The van der Waals surface area contributed by atoms with Crippen molar-refractivity contribution in [3.05, 3.63) is 59.7 Å². The molecule has 2 N–H and O–H groups in total. The zero-order valence-corrected chi connectivity index (χ0v) is 10.2. The van der Waals surface area contributed by atoms with E-state index in [2.05, 4.69) is 4.74 Å². The Balaban J connectivity index is 2.31. The van der Waals surface area contributed by atoms with Crippen molar-refractivity contribution >= 4 is 5.97 Å². The molecule has 2 rings (SSSR count). The molecule has 2 aromatic rings. The molecule has 3 heteroatoms. The summed E-state index contributed by atoms with van der Waals surface area (Å²) in [5, 5.41) is 0. The van der Waals surface area contributed by atoms with Gasteiger partial charge in [0.25, 0.3) is 0 Å². The van der Waals surface area contributed by atoms with E-state index in [1.807, 2.05) is 36.4 Å². The average molecular weight is 241 g/mol. The minimum atomic E-state index is -0.322. The Morgan fingerprint density at radius 3 is 2.44 bits per heavy atom. The lowest BCUT2D eigenvalue weighted by Crippen LogP contribution is -2.00. The van der Waals surface area contributed by atoms with Crippen LogP contribution in [-0.2, 0) is 11.3 Å². The second kappa shape index (κ2) is 5.47. The molecule has 0 unspecified atom stereocenters. The van der Waals surface area contributed by atoms with Crippen LogP contribution in [0.5, 0.6) is 0 Å². The summed E-state index contributed by atoms with van der Waals surface area (Å²) in [7, 11) is 1.38. The van der Waals surface area contributed by atoms with Crippen LogP contribution in [0.2, 0.25) is 0 Å². The standard InChI is InChI=1S/C15H15NO2/c1-18-15(17)13-7-5-12(6-8-13)14-4-2-3-11(9-14)10-16/h2-9H,10,16H2,1H3. The molecule has 0 amide bonds. The molecule has 0 aromatic heterocycles. The van der Waals surface area contributed by atoms with Crippen LogP contribution >= 0.6 is 0 Å². The summed E-state index contributed by atoms with van der Waals surface area (Å²) in [4.78, 5) is 11.3. The van der Waals surface area contributed by atoms with Gasteiger partial charge in [0, 0.05) is 6.54 Å². The molecule has 2 aromatic carbocycles. The van der Waals surface area contributed by atoms with E-state index in [0.717, 1.165) is 16.7 Å². The molecule has 0 fully saturated rings. The van der Waals surface area contributed by atoms with Crippen molar-refractivity contribution < 1.29 is 9.53 Å². The first-order chi connectivity index (χ1) is 8.74. The highest BCUT2D eigenvalue weighted by Crippen LogP contribution is 2.21. The molecule has 0 aliphatic rings. The molecule has 0 saturated carbocycles. The first-order valence-electron chi connectivity index (χ1n) is 5.72. The number of ether oxygens (including phenoxy) is 1. The topological polar surface area (TPSA) is 52.3 Å². The third-order valence-corrected chi connectivity index (χ3v) is 2.80. The monoisotopic (exact) mass is 241 g/mol. The molecule has 0 aliphatic heterocycles. The molecule has 0 atom stereocenters. The summed E-state index contributed by atoms with van der Waals surface area (Å²) in [6, 6.07) is 15.4. The van der Waals surface area contributed by atoms with Crippen LogP contribution in [-0.4, -0.2) is 13.1 Å². The van der Waals surface area contributed by atoms with Gasteiger partial charge in [-0.3, -0.25) is 0 Å². The van der Waals surface area contributed by atoms with Gasteiger partial charge in [0.2, 0.25) is 0 Å².